The fourth-order valence-electron chi connectivity index (χ4n) is 2.49. The van der Waals surface area contributed by atoms with Crippen molar-refractivity contribution in [3.8, 4) is 0 Å². The summed E-state index contributed by atoms with van der Waals surface area (Å²) >= 11 is 0. The lowest BCUT2D eigenvalue weighted by Crippen LogP contribution is -2.43. The van der Waals surface area contributed by atoms with Gasteiger partial charge in [0.25, 0.3) is 0 Å². The van der Waals surface area contributed by atoms with E-state index in [1.54, 1.807) is 44.8 Å². The molecule has 0 bridgehead atoms. The number of nitrogens with one attached hydrogen (secondary N) is 2. The minimum atomic E-state index is -0.722. The normalized spacial score (nSPS) is 19.1. The first kappa shape index (κ1) is 19.2. The molecule has 1 aliphatic heterocycles. The van der Waals surface area contributed by atoms with E-state index in [2.05, 4.69) is 15.7 Å². The summed E-state index contributed by atoms with van der Waals surface area (Å²) in [5, 5.41) is 9.48. The fraction of sp³-hybridized carbons (Fsp3) is 0.706. The topological polar surface area (TPSA) is 94.5 Å². The SMILES string of the molecule is C[C@@H](NC(=O)OC(C)(C)C)C(=O)Nc1cnn(C[C@H]2CCCCO2)c1. The molecule has 0 unspecified atom stereocenters. The number of hydrogen-bond acceptors (Lipinski definition) is 5. The molecular weight excluding hydrogens is 324 g/mol. The summed E-state index contributed by atoms with van der Waals surface area (Å²) in [6, 6.07) is -0.722. The summed E-state index contributed by atoms with van der Waals surface area (Å²) in [5.41, 5.74) is -0.0264. The van der Waals surface area contributed by atoms with Crippen LogP contribution in [0.25, 0.3) is 0 Å². The Kier molecular flexibility index (Phi) is 6.41. The van der Waals surface area contributed by atoms with Gasteiger partial charge in [-0.25, -0.2) is 4.79 Å². The van der Waals surface area contributed by atoms with E-state index in [4.69, 9.17) is 9.47 Å². The van der Waals surface area contributed by atoms with Crippen LogP contribution < -0.4 is 10.6 Å². The molecule has 8 heteroatoms. The minimum Gasteiger partial charge on any atom is -0.444 e. The smallest absolute Gasteiger partial charge is 0.408 e. The fourth-order valence-corrected chi connectivity index (χ4v) is 2.49. The molecule has 0 radical (unpaired) electrons. The number of anilines is 1. The summed E-state index contributed by atoms with van der Waals surface area (Å²) in [7, 11) is 0. The highest BCUT2D eigenvalue weighted by atomic mass is 16.6. The molecule has 1 saturated heterocycles. The van der Waals surface area contributed by atoms with Gasteiger partial charge < -0.3 is 20.1 Å². The van der Waals surface area contributed by atoms with Crippen LogP contribution in [0.3, 0.4) is 0 Å². The predicted octanol–water partition coefficient (Wildman–Crippen LogP) is 2.30. The largest absolute Gasteiger partial charge is 0.444 e. The first-order valence-corrected chi connectivity index (χ1v) is 8.67. The molecule has 1 fully saturated rings. The van der Waals surface area contributed by atoms with Gasteiger partial charge in [-0.3, -0.25) is 9.48 Å². The second-order valence-corrected chi connectivity index (χ2v) is 7.30. The van der Waals surface area contributed by atoms with Crippen molar-refractivity contribution in [2.45, 2.75) is 71.2 Å². The maximum absolute atomic E-state index is 12.2. The number of rotatable bonds is 5. The van der Waals surface area contributed by atoms with Gasteiger partial charge in [-0.15, -0.1) is 0 Å². The van der Waals surface area contributed by atoms with E-state index in [9.17, 15) is 9.59 Å². The summed E-state index contributed by atoms with van der Waals surface area (Å²) in [6.45, 7) is 8.36. The van der Waals surface area contributed by atoms with Crippen molar-refractivity contribution in [3.63, 3.8) is 0 Å². The molecule has 2 rings (SSSR count). The number of carbonyl (C=O) groups excluding carboxylic acids is 2. The number of hydrogen-bond donors (Lipinski definition) is 2. The lowest BCUT2D eigenvalue weighted by molar-refractivity contribution is -0.117. The summed E-state index contributed by atoms with van der Waals surface area (Å²) in [4.78, 5) is 23.9. The maximum Gasteiger partial charge on any atom is 0.408 e. The molecule has 2 N–H and O–H groups in total. The monoisotopic (exact) mass is 352 g/mol. The Labute approximate surface area is 148 Å². The average Bonchev–Trinajstić information content (AvgIpc) is 2.93. The van der Waals surface area contributed by atoms with Crippen molar-refractivity contribution >= 4 is 17.7 Å². The van der Waals surface area contributed by atoms with Crippen LogP contribution in [0.5, 0.6) is 0 Å². The van der Waals surface area contributed by atoms with Crippen LogP contribution in [0.1, 0.15) is 47.0 Å². The van der Waals surface area contributed by atoms with E-state index >= 15 is 0 Å². The number of carbonyl (C=O) groups is 2. The number of aromatic nitrogens is 2. The number of amides is 2. The third kappa shape index (κ3) is 6.74. The lowest BCUT2D eigenvalue weighted by atomic mass is 10.1. The van der Waals surface area contributed by atoms with Crippen LogP contribution in [0.4, 0.5) is 10.5 Å². The zero-order valence-electron chi connectivity index (χ0n) is 15.4. The van der Waals surface area contributed by atoms with Crippen molar-refractivity contribution in [2.24, 2.45) is 0 Å². The molecule has 2 amide bonds. The molecule has 1 aromatic heterocycles. The van der Waals surface area contributed by atoms with E-state index in [-0.39, 0.29) is 12.0 Å². The van der Waals surface area contributed by atoms with Crippen LogP contribution in [0.15, 0.2) is 12.4 Å². The first-order valence-electron chi connectivity index (χ1n) is 8.67. The second kappa shape index (κ2) is 8.33. The number of ether oxygens (including phenoxy) is 2. The molecule has 1 aromatic rings. The average molecular weight is 352 g/mol. The molecule has 2 atom stereocenters. The van der Waals surface area contributed by atoms with E-state index in [1.165, 1.54) is 6.42 Å². The minimum absolute atomic E-state index is 0.171. The third-order valence-corrected chi connectivity index (χ3v) is 3.69. The molecule has 0 aromatic carbocycles. The van der Waals surface area contributed by atoms with Gasteiger partial charge in [0.1, 0.15) is 11.6 Å². The van der Waals surface area contributed by atoms with Crippen LogP contribution in [-0.2, 0) is 20.8 Å². The van der Waals surface area contributed by atoms with E-state index in [1.807, 2.05) is 0 Å². The molecule has 2 heterocycles. The maximum atomic E-state index is 12.2. The van der Waals surface area contributed by atoms with Gasteiger partial charge in [0, 0.05) is 12.8 Å². The van der Waals surface area contributed by atoms with Crippen molar-refractivity contribution in [1.82, 2.24) is 15.1 Å². The molecule has 0 aliphatic carbocycles. The van der Waals surface area contributed by atoms with Gasteiger partial charge in [-0.05, 0) is 47.0 Å². The number of nitrogens with zero attached hydrogens (tertiary/aromatic N) is 2. The van der Waals surface area contributed by atoms with Gasteiger partial charge in [-0.1, -0.05) is 0 Å². The van der Waals surface area contributed by atoms with Gasteiger partial charge in [-0.2, -0.15) is 5.10 Å². The summed E-state index contributed by atoms with van der Waals surface area (Å²) in [5.74, 6) is -0.334. The van der Waals surface area contributed by atoms with Crippen molar-refractivity contribution in [1.29, 1.82) is 0 Å². The molecule has 0 spiro atoms. The van der Waals surface area contributed by atoms with Crippen LogP contribution in [0.2, 0.25) is 0 Å². The van der Waals surface area contributed by atoms with Crippen molar-refractivity contribution in [2.75, 3.05) is 11.9 Å². The predicted molar refractivity (Wildman–Crippen MR) is 93.3 cm³/mol. The molecule has 140 valence electrons. The quantitative estimate of drug-likeness (QED) is 0.848. The molecule has 0 saturated carbocycles. The van der Waals surface area contributed by atoms with E-state index in [0.717, 1.165) is 19.4 Å². The zero-order chi connectivity index (χ0) is 18.4. The van der Waals surface area contributed by atoms with Crippen LogP contribution in [-0.4, -0.2) is 46.1 Å². The third-order valence-electron chi connectivity index (χ3n) is 3.69. The van der Waals surface area contributed by atoms with E-state index < -0.39 is 17.7 Å². The Morgan fingerprint density at radius 1 is 1.44 bits per heavy atom. The highest BCUT2D eigenvalue weighted by molar-refractivity contribution is 5.96. The zero-order valence-corrected chi connectivity index (χ0v) is 15.4. The summed E-state index contributed by atoms with van der Waals surface area (Å²) in [6.07, 6.45) is 6.20. The van der Waals surface area contributed by atoms with E-state index in [0.29, 0.717) is 12.2 Å². The number of alkyl carbamates (subject to hydrolysis) is 1. The second-order valence-electron chi connectivity index (χ2n) is 7.30. The Morgan fingerprint density at radius 2 is 2.20 bits per heavy atom. The first-order chi connectivity index (χ1) is 11.7. The van der Waals surface area contributed by atoms with Crippen molar-refractivity contribution < 1.29 is 19.1 Å². The standard InChI is InChI=1S/C17H28N4O4/c1-12(19-16(23)25-17(2,3)4)15(22)20-13-9-18-21(10-13)11-14-7-5-6-8-24-14/h9-10,12,14H,5-8,11H2,1-4H3,(H,19,23)(H,20,22)/t12-,14-/m1/s1. The van der Waals surface area contributed by atoms with Gasteiger partial charge in [0.2, 0.25) is 5.91 Å². The lowest BCUT2D eigenvalue weighted by Gasteiger charge is -2.22. The van der Waals surface area contributed by atoms with Crippen LogP contribution in [0, 0.1) is 0 Å². The highest BCUT2D eigenvalue weighted by Gasteiger charge is 2.21. The van der Waals surface area contributed by atoms with Crippen molar-refractivity contribution in [3.05, 3.63) is 12.4 Å². The van der Waals surface area contributed by atoms with Gasteiger partial charge in [0.15, 0.2) is 0 Å². The van der Waals surface area contributed by atoms with Crippen LogP contribution >= 0.6 is 0 Å². The van der Waals surface area contributed by atoms with Gasteiger partial charge >= 0.3 is 6.09 Å². The Balaban J connectivity index is 1.80. The molecular formula is C17H28N4O4. The Hall–Kier alpha value is -2.09. The van der Waals surface area contributed by atoms with Gasteiger partial charge in [0.05, 0.1) is 24.5 Å². The summed E-state index contributed by atoms with van der Waals surface area (Å²) < 4.78 is 12.6. The Morgan fingerprint density at radius 3 is 2.84 bits per heavy atom. The molecule has 25 heavy (non-hydrogen) atoms. The Bertz CT molecular complexity index is 588. The molecule has 1 aliphatic rings. The molecule has 8 nitrogen and oxygen atoms in total. The highest BCUT2D eigenvalue weighted by Crippen LogP contribution is 2.15.